The van der Waals surface area contributed by atoms with Crippen molar-refractivity contribution in [2.45, 2.75) is 33.1 Å². The summed E-state index contributed by atoms with van der Waals surface area (Å²) in [6.45, 7) is 4.26. The van der Waals surface area contributed by atoms with Crippen LogP contribution in [0, 0.1) is 49.4 Å². The maximum atomic E-state index is 3.64. The van der Waals surface area contributed by atoms with Gasteiger partial charge in [0.1, 0.15) is 0 Å². The number of allylic oxidation sites excluding steroid dienone is 1. The van der Waals surface area contributed by atoms with Gasteiger partial charge in [0.15, 0.2) is 0 Å². The van der Waals surface area contributed by atoms with E-state index in [2.05, 4.69) is 86.4 Å². The highest BCUT2D eigenvalue weighted by Crippen LogP contribution is 2.52. The van der Waals surface area contributed by atoms with Gasteiger partial charge in [-0.15, -0.1) is 0 Å². The molecule has 126 valence electrons. The van der Waals surface area contributed by atoms with Gasteiger partial charge in [-0.1, -0.05) is 71.5 Å². The Hall–Kier alpha value is -2.26. The van der Waals surface area contributed by atoms with Crippen molar-refractivity contribution in [2.24, 2.45) is 23.7 Å². The van der Waals surface area contributed by atoms with Gasteiger partial charge in [0.2, 0.25) is 0 Å². The van der Waals surface area contributed by atoms with Crippen molar-refractivity contribution in [3.8, 4) is 11.8 Å². The first-order valence-corrected chi connectivity index (χ1v) is 9.52. The van der Waals surface area contributed by atoms with Gasteiger partial charge in [-0.3, -0.25) is 0 Å². The first-order valence-electron chi connectivity index (χ1n) is 9.52. The van der Waals surface area contributed by atoms with Crippen molar-refractivity contribution in [1.82, 2.24) is 0 Å². The Balaban J connectivity index is 1.54. The summed E-state index contributed by atoms with van der Waals surface area (Å²) in [4.78, 5) is 0. The lowest BCUT2D eigenvalue weighted by atomic mass is 9.79. The summed E-state index contributed by atoms with van der Waals surface area (Å²) in [5.41, 5.74) is 5.07. The van der Waals surface area contributed by atoms with Crippen LogP contribution in [0.2, 0.25) is 0 Å². The minimum Gasteiger partial charge on any atom is -0.0936 e. The molecule has 0 aromatic heterocycles. The molecule has 0 unspecified atom stereocenters. The van der Waals surface area contributed by atoms with E-state index in [0.29, 0.717) is 11.8 Å². The fraction of sp³-hybridized carbons (Fsp3) is 0.360. The van der Waals surface area contributed by atoms with Crippen LogP contribution >= 0.6 is 0 Å². The molecule has 0 nitrogen and oxygen atoms in total. The van der Waals surface area contributed by atoms with Crippen LogP contribution in [-0.2, 0) is 0 Å². The van der Waals surface area contributed by atoms with Crippen molar-refractivity contribution < 1.29 is 0 Å². The Kier molecular flexibility index (Phi) is 4.50. The molecule has 0 aliphatic heterocycles. The van der Waals surface area contributed by atoms with Crippen molar-refractivity contribution in [3.05, 3.63) is 76.9 Å². The standard InChI is InChI=1S/C25H26/c1-18-3-7-20(8-4-18)11-15-24-22-13-14-23(17-22)25(24)16-12-21-9-5-19(2)6-10-21/h3-11,15,22-25H,13-14,17H2,1-2H3/b15-11+/t22-,23+,24+,25-/m1/s1. The van der Waals surface area contributed by atoms with Crippen molar-refractivity contribution in [2.75, 3.05) is 0 Å². The van der Waals surface area contributed by atoms with Gasteiger partial charge >= 0.3 is 0 Å². The lowest BCUT2D eigenvalue weighted by Gasteiger charge is -2.24. The average molecular weight is 326 g/mol. The molecule has 0 heterocycles. The minimum absolute atomic E-state index is 0.529. The van der Waals surface area contributed by atoms with E-state index in [0.717, 1.165) is 17.4 Å². The molecule has 2 aliphatic carbocycles. The molecular weight excluding hydrogens is 300 g/mol. The van der Waals surface area contributed by atoms with Crippen LogP contribution in [0.4, 0.5) is 0 Å². The van der Waals surface area contributed by atoms with Crippen LogP contribution < -0.4 is 0 Å². The van der Waals surface area contributed by atoms with Gasteiger partial charge in [-0.05, 0) is 68.6 Å². The molecule has 0 radical (unpaired) electrons. The van der Waals surface area contributed by atoms with E-state index >= 15 is 0 Å². The first-order chi connectivity index (χ1) is 12.2. The number of aryl methyl sites for hydroxylation is 2. The zero-order chi connectivity index (χ0) is 17.2. The number of hydrogen-bond acceptors (Lipinski definition) is 0. The van der Waals surface area contributed by atoms with E-state index in [4.69, 9.17) is 0 Å². The number of rotatable bonds is 2. The molecule has 0 amide bonds. The van der Waals surface area contributed by atoms with Crippen molar-refractivity contribution in [3.63, 3.8) is 0 Å². The molecule has 2 aromatic rings. The van der Waals surface area contributed by atoms with E-state index in [9.17, 15) is 0 Å². The average Bonchev–Trinajstić information content (AvgIpc) is 3.22. The molecule has 2 bridgehead atoms. The Morgan fingerprint density at radius 3 is 2.20 bits per heavy atom. The van der Waals surface area contributed by atoms with Crippen LogP contribution in [0.1, 0.15) is 41.5 Å². The molecule has 0 spiro atoms. The summed E-state index contributed by atoms with van der Waals surface area (Å²) in [6.07, 6.45) is 8.88. The highest BCUT2D eigenvalue weighted by atomic mass is 14.5. The molecular formula is C25H26. The molecule has 0 N–H and O–H groups in total. The fourth-order valence-electron chi connectivity index (χ4n) is 4.53. The van der Waals surface area contributed by atoms with E-state index < -0.39 is 0 Å². The fourth-order valence-corrected chi connectivity index (χ4v) is 4.53. The number of hydrogen-bond donors (Lipinski definition) is 0. The second-order valence-electron chi connectivity index (χ2n) is 7.84. The van der Waals surface area contributed by atoms with Crippen LogP contribution in [0.5, 0.6) is 0 Å². The topological polar surface area (TPSA) is 0 Å². The predicted molar refractivity (Wildman–Crippen MR) is 106 cm³/mol. The lowest BCUT2D eigenvalue weighted by molar-refractivity contribution is 0.328. The summed E-state index contributed by atoms with van der Waals surface area (Å²) >= 11 is 0. The third-order valence-corrected chi connectivity index (χ3v) is 6.00. The van der Waals surface area contributed by atoms with Crippen molar-refractivity contribution in [1.29, 1.82) is 0 Å². The predicted octanol–water partition coefficient (Wildman–Crippen LogP) is 6.03. The molecule has 4 rings (SSSR count). The normalized spacial score (nSPS) is 27.4. The first kappa shape index (κ1) is 16.2. The number of fused-ring (bicyclic) bond motifs is 2. The van der Waals surface area contributed by atoms with Crippen LogP contribution in [0.3, 0.4) is 0 Å². The second-order valence-corrected chi connectivity index (χ2v) is 7.84. The number of benzene rings is 2. The third-order valence-electron chi connectivity index (χ3n) is 6.00. The second kappa shape index (κ2) is 6.93. The van der Waals surface area contributed by atoms with Gasteiger partial charge in [0.25, 0.3) is 0 Å². The maximum Gasteiger partial charge on any atom is 0.0300 e. The Labute approximate surface area is 152 Å². The van der Waals surface area contributed by atoms with Crippen molar-refractivity contribution >= 4 is 6.08 Å². The highest BCUT2D eigenvalue weighted by Gasteiger charge is 2.45. The molecule has 2 fully saturated rings. The van der Waals surface area contributed by atoms with Gasteiger partial charge in [0, 0.05) is 11.5 Å². The Bertz CT molecular complexity index is 811. The SMILES string of the molecule is Cc1ccc(C#C[C@@H]2[C@H]3CC[C@H](C3)[C@@H]2/C=C/c2ccc(C)cc2)cc1. The van der Waals surface area contributed by atoms with Gasteiger partial charge in [-0.25, -0.2) is 0 Å². The zero-order valence-electron chi connectivity index (χ0n) is 15.2. The minimum atomic E-state index is 0.529. The van der Waals surface area contributed by atoms with Crippen LogP contribution in [-0.4, -0.2) is 0 Å². The quantitative estimate of drug-likeness (QED) is 0.591. The van der Waals surface area contributed by atoms with E-state index in [1.54, 1.807) is 0 Å². The van der Waals surface area contributed by atoms with Crippen LogP contribution in [0.25, 0.3) is 6.08 Å². The summed E-state index contributed by atoms with van der Waals surface area (Å²) in [5.74, 6) is 9.88. The van der Waals surface area contributed by atoms with Crippen LogP contribution in [0.15, 0.2) is 54.6 Å². The lowest BCUT2D eigenvalue weighted by Crippen LogP contribution is -2.19. The third kappa shape index (κ3) is 3.57. The van der Waals surface area contributed by atoms with E-state index in [-0.39, 0.29) is 0 Å². The summed E-state index contributed by atoms with van der Waals surface area (Å²) in [5, 5.41) is 0. The molecule has 0 saturated heterocycles. The summed E-state index contributed by atoms with van der Waals surface area (Å²) < 4.78 is 0. The van der Waals surface area contributed by atoms with Gasteiger partial charge in [0.05, 0.1) is 0 Å². The maximum absolute atomic E-state index is 3.64. The molecule has 2 aliphatic rings. The van der Waals surface area contributed by atoms with E-state index in [1.165, 1.54) is 36.0 Å². The molecule has 0 heteroatoms. The van der Waals surface area contributed by atoms with Gasteiger partial charge in [-0.2, -0.15) is 0 Å². The monoisotopic (exact) mass is 326 g/mol. The largest absolute Gasteiger partial charge is 0.0936 e. The summed E-state index contributed by atoms with van der Waals surface area (Å²) in [6, 6.07) is 17.4. The molecule has 25 heavy (non-hydrogen) atoms. The highest BCUT2D eigenvalue weighted by molar-refractivity contribution is 5.50. The van der Waals surface area contributed by atoms with E-state index in [1.807, 2.05) is 0 Å². The molecule has 4 atom stereocenters. The molecule has 2 saturated carbocycles. The summed E-state index contributed by atoms with van der Waals surface area (Å²) in [7, 11) is 0. The van der Waals surface area contributed by atoms with Gasteiger partial charge < -0.3 is 0 Å². The Morgan fingerprint density at radius 1 is 0.840 bits per heavy atom. The zero-order valence-corrected chi connectivity index (χ0v) is 15.2. The Morgan fingerprint density at radius 2 is 1.48 bits per heavy atom. The smallest absolute Gasteiger partial charge is 0.0300 e. The molecule has 2 aromatic carbocycles.